The molecule has 0 amide bonds. The van der Waals surface area contributed by atoms with Crippen molar-refractivity contribution in [3.05, 3.63) is 29.8 Å². The lowest BCUT2D eigenvalue weighted by Crippen LogP contribution is -2.28. The van der Waals surface area contributed by atoms with Crippen molar-refractivity contribution >= 4 is 0 Å². The summed E-state index contributed by atoms with van der Waals surface area (Å²) in [6.45, 7) is 3.82. The van der Waals surface area contributed by atoms with E-state index in [4.69, 9.17) is 10.6 Å². The third kappa shape index (κ3) is 6.25. The van der Waals surface area contributed by atoms with Crippen LogP contribution in [-0.2, 0) is 0 Å². The van der Waals surface area contributed by atoms with Gasteiger partial charge < -0.3 is 4.74 Å². The van der Waals surface area contributed by atoms with Crippen LogP contribution in [-0.4, -0.2) is 12.3 Å². The van der Waals surface area contributed by atoms with E-state index in [1.54, 1.807) is 12.1 Å². The summed E-state index contributed by atoms with van der Waals surface area (Å²) in [5.41, 5.74) is 3.39. The monoisotopic (exact) mass is 290 g/mol. The fourth-order valence-corrected chi connectivity index (χ4v) is 1.93. The summed E-state index contributed by atoms with van der Waals surface area (Å²) in [7, 11) is 0. The first-order valence-electron chi connectivity index (χ1n) is 6.61. The minimum atomic E-state index is -4.12. The lowest BCUT2D eigenvalue weighted by atomic mass is 10.0. The van der Waals surface area contributed by atoms with Crippen LogP contribution in [0.1, 0.15) is 44.7 Å². The Balaban J connectivity index is 2.64. The Morgan fingerprint density at radius 2 is 2.00 bits per heavy atom. The van der Waals surface area contributed by atoms with Crippen LogP contribution in [0.4, 0.5) is 13.2 Å². The second-order valence-electron chi connectivity index (χ2n) is 4.97. The molecule has 0 fully saturated rings. The Morgan fingerprint density at radius 1 is 1.30 bits per heavy atom. The number of hydrogen-bond donors (Lipinski definition) is 2. The third-order valence-corrected chi connectivity index (χ3v) is 2.79. The lowest BCUT2D eigenvalue weighted by Gasteiger charge is -2.18. The lowest BCUT2D eigenvalue weighted by molar-refractivity contribution is -0.135. The second kappa shape index (κ2) is 7.50. The zero-order valence-electron chi connectivity index (χ0n) is 11.7. The van der Waals surface area contributed by atoms with Gasteiger partial charge in [-0.1, -0.05) is 12.1 Å². The van der Waals surface area contributed by atoms with Gasteiger partial charge in [-0.3, -0.25) is 11.3 Å². The van der Waals surface area contributed by atoms with Crippen LogP contribution in [0.25, 0.3) is 0 Å². The van der Waals surface area contributed by atoms with Gasteiger partial charge in [-0.15, -0.1) is 0 Å². The van der Waals surface area contributed by atoms with Crippen molar-refractivity contribution in [1.29, 1.82) is 0 Å². The van der Waals surface area contributed by atoms with Crippen molar-refractivity contribution in [2.75, 3.05) is 0 Å². The smallest absolute Gasteiger partial charge is 0.389 e. The molecule has 1 aromatic rings. The summed E-state index contributed by atoms with van der Waals surface area (Å²) in [5.74, 6) is 6.12. The van der Waals surface area contributed by atoms with E-state index >= 15 is 0 Å². The predicted molar refractivity (Wildman–Crippen MR) is 72.2 cm³/mol. The highest BCUT2D eigenvalue weighted by Crippen LogP contribution is 2.27. The molecule has 1 atom stereocenters. The van der Waals surface area contributed by atoms with Gasteiger partial charge in [-0.05, 0) is 44.4 Å². The van der Waals surface area contributed by atoms with Crippen molar-refractivity contribution in [3.63, 3.8) is 0 Å². The van der Waals surface area contributed by atoms with Crippen LogP contribution in [0.2, 0.25) is 0 Å². The maximum Gasteiger partial charge on any atom is 0.389 e. The quantitative estimate of drug-likeness (QED) is 0.594. The summed E-state index contributed by atoms with van der Waals surface area (Å²) in [5, 5.41) is 0. The number of hydrogen-bond acceptors (Lipinski definition) is 3. The number of alkyl halides is 3. The van der Waals surface area contributed by atoms with Gasteiger partial charge >= 0.3 is 6.18 Å². The molecule has 6 heteroatoms. The Kier molecular flexibility index (Phi) is 6.29. The first-order chi connectivity index (χ1) is 9.31. The number of ether oxygens (including phenoxy) is 1. The zero-order valence-corrected chi connectivity index (χ0v) is 11.7. The van der Waals surface area contributed by atoms with Crippen molar-refractivity contribution in [3.8, 4) is 5.75 Å². The van der Waals surface area contributed by atoms with Crippen molar-refractivity contribution in [1.82, 2.24) is 5.43 Å². The maximum atomic E-state index is 12.1. The minimum Gasteiger partial charge on any atom is -0.491 e. The fraction of sp³-hybridized carbons (Fsp3) is 0.571. The standard InChI is InChI=1S/C14H21F3N2O/c1-10(2)20-12-6-3-5-11(9-12)13(19-18)7-4-8-14(15,16)17/h3,5-6,9-10,13,19H,4,7-8,18H2,1-2H3. The molecule has 114 valence electrons. The molecule has 3 nitrogen and oxygen atoms in total. The van der Waals surface area contributed by atoms with E-state index < -0.39 is 12.6 Å². The number of nitrogens with two attached hydrogens (primary N) is 1. The summed E-state index contributed by atoms with van der Waals surface area (Å²) in [6, 6.07) is 6.94. The Bertz CT molecular complexity index is 408. The number of halogens is 3. The predicted octanol–water partition coefficient (Wildman–Crippen LogP) is 3.71. The third-order valence-electron chi connectivity index (χ3n) is 2.79. The molecule has 20 heavy (non-hydrogen) atoms. The number of hydrazine groups is 1. The van der Waals surface area contributed by atoms with E-state index in [0.717, 1.165) is 5.56 Å². The molecule has 1 rings (SSSR count). The highest BCUT2D eigenvalue weighted by atomic mass is 19.4. The summed E-state index contributed by atoms with van der Waals surface area (Å²) in [6.07, 6.45) is -4.52. The van der Waals surface area contributed by atoms with E-state index in [1.165, 1.54) is 0 Å². The molecule has 0 aromatic heterocycles. The highest BCUT2D eigenvalue weighted by molar-refractivity contribution is 5.30. The number of nitrogens with one attached hydrogen (secondary N) is 1. The van der Waals surface area contributed by atoms with E-state index in [-0.39, 0.29) is 18.6 Å². The van der Waals surface area contributed by atoms with Gasteiger partial charge in [0.2, 0.25) is 0 Å². The Morgan fingerprint density at radius 3 is 2.55 bits per heavy atom. The van der Waals surface area contributed by atoms with Crippen LogP contribution in [0.5, 0.6) is 5.75 Å². The molecule has 0 saturated heterocycles. The topological polar surface area (TPSA) is 47.3 Å². The first kappa shape index (κ1) is 16.8. The molecule has 0 saturated carbocycles. The Labute approximate surface area is 117 Å². The molecule has 1 aromatic carbocycles. The molecule has 0 aliphatic rings. The van der Waals surface area contributed by atoms with E-state index in [2.05, 4.69) is 5.43 Å². The molecule has 0 aliphatic carbocycles. The average molecular weight is 290 g/mol. The Hall–Kier alpha value is -1.27. The first-order valence-corrected chi connectivity index (χ1v) is 6.61. The minimum absolute atomic E-state index is 0.0353. The molecular formula is C14H21F3N2O. The molecule has 0 heterocycles. The molecule has 0 aliphatic heterocycles. The van der Waals surface area contributed by atoms with Gasteiger partial charge in [0.25, 0.3) is 0 Å². The summed E-state index contributed by atoms with van der Waals surface area (Å²) < 4.78 is 42.0. The fourth-order valence-electron chi connectivity index (χ4n) is 1.93. The summed E-state index contributed by atoms with van der Waals surface area (Å²) in [4.78, 5) is 0. The van der Waals surface area contributed by atoms with Gasteiger partial charge in [0.15, 0.2) is 0 Å². The van der Waals surface area contributed by atoms with E-state index in [1.807, 2.05) is 26.0 Å². The molecule has 0 bridgehead atoms. The van der Waals surface area contributed by atoms with Gasteiger partial charge in [-0.2, -0.15) is 13.2 Å². The molecule has 0 radical (unpaired) electrons. The van der Waals surface area contributed by atoms with Crippen LogP contribution in [0.3, 0.4) is 0 Å². The van der Waals surface area contributed by atoms with E-state index in [9.17, 15) is 13.2 Å². The van der Waals surface area contributed by atoms with Gasteiger partial charge in [0, 0.05) is 12.5 Å². The zero-order chi connectivity index (χ0) is 15.2. The summed E-state index contributed by atoms with van der Waals surface area (Å²) >= 11 is 0. The second-order valence-corrected chi connectivity index (χ2v) is 4.97. The van der Waals surface area contributed by atoms with Crippen molar-refractivity contribution in [2.24, 2.45) is 5.84 Å². The van der Waals surface area contributed by atoms with Crippen LogP contribution < -0.4 is 16.0 Å². The SMILES string of the molecule is CC(C)Oc1cccc(C(CCCC(F)(F)F)NN)c1. The van der Waals surface area contributed by atoms with Gasteiger partial charge in [0.1, 0.15) is 5.75 Å². The average Bonchev–Trinajstić information content (AvgIpc) is 2.33. The molecule has 0 spiro atoms. The number of benzene rings is 1. The molecule has 3 N–H and O–H groups in total. The van der Waals surface area contributed by atoms with Crippen LogP contribution in [0.15, 0.2) is 24.3 Å². The molecule has 1 unspecified atom stereocenters. The maximum absolute atomic E-state index is 12.1. The largest absolute Gasteiger partial charge is 0.491 e. The highest BCUT2D eigenvalue weighted by Gasteiger charge is 2.26. The number of rotatable bonds is 7. The molecular weight excluding hydrogens is 269 g/mol. The normalized spacial score (nSPS) is 13.6. The van der Waals surface area contributed by atoms with Crippen LogP contribution in [0, 0.1) is 0 Å². The van der Waals surface area contributed by atoms with Crippen molar-refractivity contribution < 1.29 is 17.9 Å². The van der Waals surface area contributed by atoms with Gasteiger partial charge in [-0.25, -0.2) is 0 Å². The van der Waals surface area contributed by atoms with Crippen molar-refractivity contribution in [2.45, 2.75) is 51.4 Å². The van der Waals surface area contributed by atoms with E-state index in [0.29, 0.717) is 12.2 Å². The van der Waals surface area contributed by atoms with Crippen LogP contribution >= 0.6 is 0 Å². The van der Waals surface area contributed by atoms with Gasteiger partial charge in [0.05, 0.1) is 6.10 Å².